The molecule has 33 heavy (non-hydrogen) atoms. The first-order valence-electron chi connectivity index (χ1n) is 9.79. The highest BCUT2D eigenvalue weighted by Gasteiger charge is 2.18. The van der Waals surface area contributed by atoms with E-state index in [1.807, 2.05) is 6.92 Å². The van der Waals surface area contributed by atoms with Crippen molar-refractivity contribution in [2.45, 2.75) is 24.9 Å². The molecule has 0 aliphatic carbocycles. The summed E-state index contributed by atoms with van der Waals surface area (Å²) in [7, 11) is -4.51. The lowest BCUT2D eigenvalue weighted by molar-refractivity contribution is -0.138. The van der Waals surface area contributed by atoms with Gasteiger partial charge in [0.15, 0.2) is 0 Å². The predicted molar refractivity (Wildman–Crippen MR) is 116 cm³/mol. The number of benzene rings is 2. The number of phenolic OH excluding ortho intramolecular Hbond substituents is 2. The Balaban J connectivity index is 2.19. The highest BCUT2D eigenvalue weighted by Crippen LogP contribution is 2.23. The first kappa shape index (κ1) is 26.1. The number of phenols is 2. The van der Waals surface area contributed by atoms with Gasteiger partial charge in [-0.2, -0.15) is 8.42 Å². The Morgan fingerprint density at radius 2 is 1.58 bits per heavy atom. The Bertz CT molecular complexity index is 1090. The Morgan fingerprint density at radius 1 is 1.00 bits per heavy atom. The van der Waals surface area contributed by atoms with E-state index in [4.69, 9.17) is 4.74 Å². The van der Waals surface area contributed by atoms with Gasteiger partial charge in [0.2, 0.25) is 0 Å². The lowest BCUT2D eigenvalue weighted by atomic mass is 10.1. The summed E-state index contributed by atoms with van der Waals surface area (Å²) in [6, 6.07) is 8.26. The van der Waals surface area contributed by atoms with Gasteiger partial charge in [-0.05, 0) is 31.2 Å². The fourth-order valence-electron chi connectivity index (χ4n) is 3.18. The van der Waals surface area contributed by atoms with Crippen molar-refractivity contribution in [2.75, 3.05) is 26.4 Å². The van der Waals surface area contributed by atoms with Gasteiger partial charge in [0.05, 0.1) is 11.4 Å². The molecule has 180 valence electrons. The zero-order chi connectivity index (χ0) is 24.6. The minimum atomic E-state index is -4.51. The van der Waals surface area contributed by atoms with Crippen molar-refractivity contribution in [1.82, 2.24) is 9.80 Å². The van der Waals surface area contributed by atoms with Crippen LogP contribution >= 0.6 is 0 Å². The number of carbonyl (C=O) groups is 2. The molecule has 2 aromatic rings. The van der Waals surface area contributed by atoms with Crippen LogP contribution in [-0.4, -0.2) is 76.9 Å². The molecule has 0 atom stereocenters. The first-order chi connectivity index (χ1) is 15.5. The zero-order valence-electron chi connectivity index (χ0n) is 17.9. The number of ether oxygens (including phenoxy) is 1. The van der Waals surface area contributed by atoms with Crippen molar-refractivity contribution in [1.29, 1.82) is 0 Å². The van der Waals surface area contributed by atoms with Crippen LogP contribution in [0.4, 0.5) is 0 Å². The van der Waals surface area contributed by atoms with Crippen LogP contribution in [0.15, 0.2) is 41.3 Å². The van der Waals surface area contributed by atoms with E-state index >= 15 is 0 Å². The van der Waals surface area contributed by atoms with E-state index in [-0.39, 0.29) is 56.4 Å². The molecule has 2 aromatic carbocycles. The molecular formula is C21H26N2O9S. The largest absolute Gasteiger partial charge is 0.508 e. The topological polar surface area (TPSA) is 165 Å². The van der Waals surface area contributed by atoms with Gasteiger partial charge in [0.25, 0.3) is 16.6 Å². The van der Waals surface area contributed by atoms with Gasteiger partial charge in [0, 0.05) is 37.3 Å². The van der Waals surface area contributed by atoms with Crippen LogP contribution in [0.3, 0.4) is 0 Å². The van der Waals surface area contributed by atoms with Crippen molar-refractivity contribution in [2.24, 2.45) is 0 Å². The van der Waals surface area contributed by atoms with Crippen LogP contribution in [0.5, 0.6) is 11.5 Å². The Kier molecular flexibility index (Phi) is 9.17. The Labute approximate surface area is 191 Å². The summed E-state index contributed by atoms with van der Waals surface area (Å²) >= 11 is 0. The highest BCUT2D eigenvalue weighted by atomic mass is 32.2. The van der Waals surface area contributed by atoms with Gasteiger partial charge in [-0.1, -0.05) is 17.7 Å². The number of rotatable bonds is 13. The maximum absolute atomic E-state index is 11.4. The third kappa shape index (κ3) is 8.35. The molecule has 0 aliphatic heterocycles. The fraction of sp³-hybridized carbons (Fsp3) is 0.333. The monoisotopic (exact) mass is 482 g/mol. The molecule has 0 saturated heterocycles. The van der Waals surface area contributed by atoms with Crippen molar-refractivity contribution < 1.29 is 42.6 Å². The van der Waals surface area contributed by atoms with Crippen molar-refractivity contribution in [3.63, 3.8) is 0 Å². The smallest absolute Gasteiger partial charge is 0.317 e. The summed E-state index contributed by atoms with van der Waals surface area (Å²) in [6.45, 7) is 2.04. The van der Waals surface area contributed by atoms with Gasteiger partial charge in [0.1, 0.15) is 18.2 Å². The van der Waals surface area contributed by atoms with E-state index in [9.17, 15) is 37.9 Å². The van der Waals surface area contributed by atoms with E-state index in [0.29, 0.717) is 5.56 Å². The van der Waals surface area contributed by atoms with Crippen LogP contribution in [0.1, 0.15) is 16.7 Å². The normalized spacial score (nSPS) is 11.6. The minimum Gasteiger partial charge on any atom is -0.508 e. The van der Waals surface area contributed by atoms with Crippen LogP contribution in [0.2, 0.25) is 0 Å². The van der Waals surface area contributed by atoms with Crippen molar-refractivity contribution in [3.05, 3.63) is 53.1 Å². The first-order valence-corrected chi connectivity index (χ1v) is 11.2. The number of aliphatic carboxylic acids is 1. The molecule has 0 saturated carbocycles. The van der Waals surface area contributed by atoms with E-state index in [0.717, 1.165) is 23.8 Å². The number of aromatic hydroxyl groups is 2. The van der Waals surface area contributed by atoms with Crippen molar-refractivity contribution in [3.8, 4) is 11.5 Å². The standard InChI is InChI=1S/C21H26N2O9S/c1-15-2-4-19(25)16(8-15)11-23(13-32-14-24)7-6-22(12-21(27)28)10-17-9-18(33(29,30)31)3-5-20(17)26/h2-5,8-9,14,25-26H,6-7,10-13H2,1H3,(H,27,28)(H,29,30,31). The molecule has 0 unspecified atom stereocenters. The lowest BCUT2D eigenvalue weighted by Crippen LogP contribution is -2.38. The van der Waals surface area contributed by atoms with Gasteiger partial charge in [-0.3, -0.25) is 23.9 Å². The molecule has 0 aliphatic rings. The summed E-state index contributed by atoms with van der Waals surface area (Å²) < 4.78 is 36.9. The van der Waals surface area contributed by atoms with Gasteiger partial charge in [-0.15, -0.1) is 0 Å². The predicted octanol–water partition coefficient (Wildman–Crippen LogP) is 1.17. The molecule has 0 fully saturated rings. The lowest BCUT2D eigenvalue weighted by Gasteiger charge is -2.26. The van der Waals surface area contributed by atoms with Crippen LogP contribution < -0.4 is 0 Å². The van der Waals surface area contributed by atoms with E-state index in [1.165, 1.54) is 4.90 Å². The third-order valence-electron chi connectivity index (χ3n) is 4.79. The maximum atomic E-state index is 11.4. The summed E-state index contributed by atoms with van der Waals surface area (Å²) in [6.07, 6.45) is 0. The van der Waals surface area contributed by atoms with E-state index < -0.39 is 27.5 Å². The van der Waals surface area contributed by atoms with E-state index in [2.05, 4.69) is 0 Å². The number of carboxylic acid groups (broad SMARTS) is 1. The number of carbonyl (C=O) groups excluding carboxylic acids is 1. The average molecular weight is 483 g/mol. The molecule has 0 aromatic heterocycles. The zero-order valence-corrected chi connectivity index (χ0v) is 18.7. The number of carboxylic acids is 1. The summed E-state index contributed by atoms with van der Waals surface area (Å²) in [4.78, 5) is 24.7. The quantitative estimate of drug-likeness (QED) is 0.184. The summed E-state index contributed by atoms with van der Waals surface area (Å²) in [5.41, 5.74) is 1.62. The number of aryl methyl sites for hydroxylation is 1. The SMILES string of the molecule is Cc1ccc(O)c(CN(CCN(CC(=O)O)Cc2cc(S(=O)(=O)O)ccc2O)COC=O)c1. The van der Waals surface area contributed by atoms with Gasteiger partial charge >= 0.3 is 5.97 Å². The molecule has 0 radical (unpaired) electrons. The molecule has 12 heteroatoms. The van der Waals surface area contributed by atoms with Gasteiger partial charge < -0.3 is 20.1 Å². The highest BCUT2D eigenvalue weighted by molar-refractivity contribution is 7.85. The second kappa shape index (κ2) is 11.6. The number of hydrogen-bond donors (Lipinski definition) is 4. The molecule has 11 nitrogen and oxygen atoms in total. The van der Waals surface area contributed by atoms with Crippen LogP contribution in [0.25, 0.3) is 0 Å². The molecule has 0 spiro atoms. The summed E-state index contributed by atoms with van der Waals surface area (Å²) in [5.74, 6) is -1.35. The van der Waals surface area contributed by atoms with Crippen molar-refractivity contribution >= 4 is 22.6 Å². The molecular weight excluding hydrogens is 456 g/mol. The fourth-order valence-corrected chi connectivity index (χ4v) is 3.72. The number of hydrogen-bond acceptors (Lipinski definition) is 9. The second-order valence-corrected chi connectivity index (χ2v) is 8.87. The maximum Gasteiger partial charge on any atom is 0.317 e. The average Bonchev–Trinajstić information content (AvgIpc) is 2.72. The minimum absolute atomic E-state index is 0.0612. The molecule has 0 bridgehead atoms. The molecule has 0 amide bonds. The molecule has 4 N–H and O–H groups in total. The van der Waals surface area contributed by atoms with Crippen LogP contribution in [0, 0.1) is 6.92 Å². The molecule has 0 heterocycles. The van der Waals surface area contributed by atoms with Gasteiger partial charge in [-0.25, -0.2) is 0 Å². The Morgan fingerprint density at radius 3 is 2.18 bits per heavy atom. The van der Waals surface area contributed by atoms with E-state index in [1.54, 1.807) is 23.1 Å². The second-order valence-electron chi connectivity index (χ2n) is 7.45. The summed E-state index contributed by atoms with van der Waals surface area (Å²) in [5, 5.41) is 29.4. The Hall–Kier alpha value is -3.19. The number of nitrogens with zero attached hydrogens (tertiary/aromatic N) is 2. The van der Waals surface area contributed by atoms with Crippen LogP contribution in [-0.2, 0) is 37.5 Å². The molecule has 2 rings (SSSR count). The third-order valence-corrected chi connectivity index (χ3v) is 5.64.